The van der Waals surface area contributed by atoms with Crippen LogP contribution in [0.2, 0.25) is 0 Å². The zero-order chi connectivity index (χ0) is 19.0. The average molecular weight is 378 g/mol. The normalized spacial score (nSPS) is 12.2. The molecule has 0 fully saturated rings. The van der Waals surface area contributed by atoms with Crippen molar-refractivity contribution in [3.05, 3.63) is 47.3 Å². The lowest BCUT2D eigenvalue weighted by molar-refractivity contribution is 0.379. The van der Waals surface area contributed by atoms with E-state index in [9.17, 15) is 8.42 Å². The molecule has 0 amide bonds. The van der Waals surface area contributed by atoms with E-state index in [1.165, 1.54) is 6.26 Å². The summed E-state index contributed by atoms with van der Waals surface area (Å²) in [5.74, 6) is 1.44. The number of sulfone groups is 1. The Kier molecular flexibility index (Phi) is 7.20. The molecule has 0 bridgehead atoms. The molecule has 0 radical (unpaired) electrons. The minimum absolute atomic E-state index is 0.336. The molecule has 0 aliphatic carbocycles. The van der Waals surface area contributed by atoms with E-state index in [1.54, 1.807) is 12.1 Å². The molecule has 7 nitrogen and oxygen atoms in total. The van der Waals surface area contributed by atoms with Gasteiger partial charge in [-0.3, -0.25) is 0 Å². The highest BCUT2D eigenvalue weighted by Crippen LogP contribution is 2.10. The Morgan fingerprint density at radius 2 is 1.92 bits per heavy atom. The average Bonchev–Trinajstić information content (AvgIpc) is 3.07. The lowest BCUT2D eigenvalue weighted by atomic mass is 10.1. The molecule has 1 aromatic heterocycles. The molecule has 1 heterocycles. The van der Waals surface area contributed by atoms with Crippen LogP contribution in [0.1, 0.15) is 30.9 Å². The van der Waals surface area contributed by atoms with Gasteiger partial charge in [0.2, 0.25) is 0 Å². The minimum Gasteiger partial charge on any atom is -0.359 e. The fourth-order valence-corrected chi connectivity index (χ4v) is 2.95. The highest BCUT2D eigenvalue weighted by molar-refractivity contribution is 7.90. The van der Waals surface area contributed by atoms with Gasteiger partial charge in [0.25, 0.3) is 0 Å². The first-order chi connectivity index (χ1) is 12.4. The molecule has 26 heavy (non-hydrogen) atoms. The molecule has 0 spiro atoms. The maximum Gasteiger partial charge on any atom is 0.191 e. The molecular weight excluding hydrogens is 352 g/mol. The molecule has 2 N–H and O–H groups in total. The third-order valence-electron chi connectivity index (χ3n) is 3.76. The minimum atomic E-state index is -3.15. The molecule has 2 rings (SSSR count). The molecular formula is C18H26N4O3S. The van der Waals surface area contributed by atoms with Crippen LogP contribution in [0, 0.1) is 0 Å². The van der Waals surface area contributed by atoms with Crippen LogP contribution >= 0.6 is 0 Å². The van der Waals surface area contributed by atoms with Gasteiger partial charge in [-0.15, -0.1) is 0 Å². The molecule has 0 saturated heterocycles. The number of hydrogen-bond acceptors (Lipinski definition) is 5. The number of benzene rings is 1. The van der Waals surface area contributed by atoms with Gasteiger partial charge in [0, 0.05) is 25.4 Å². The van der Waals surface area contributed by atoms with Crippen LogP contribution in [0.15, 0.2) is 44.7 Å². The molecule has 0 aliphatic heterocycles. The van der Waals surface area contributed by atoms with Crippen molar-refractivity contribution in [3.63, 3.8) is 0 Å². The summed E-state index contributed by atoms with van der Waals surface area (Å²) in [7, 11) is -3.15. The van der Waals surface area contributed by atoms with Gasteiger partial charge in [0.15, 0.2) is 21.6 Å². The summed E-state index contributed by atoms with van der Waals surface area (Å²) in [4.78, 5) is 4.83. The topological polar surface area (TPSA) is 96.6 Å². The smallest absolute Gasteiger partial charge is 0.191 e. The largest absolute Gasteiger partial charge is 0.359 e. The van der Waals surface area contributed by atoms with Crippen molar-refractivity contribution in [2.24, 2.45) is 4.99 Å². The number of nitrogens with one attached hydrogen (secondary N) is 2. The maximum atomic E-state index is 11.5. The van der Waals surface area contributed by atoms with Crippen LogP contribution in [-0.4, -0.2) is 38.9 Å². The fraction of sp³-hybridized carbons (Fsp3) is 0.444. The predicted molar refractivity (Wildman–Crippen MR) is 102 cm³/mol. The summed E-state index contributed by atoms with van der Waals surface area (Å²) in [5, 5.41) is 10.4. The number of aliphatic imine (C=N–C) groups is 1. The molecule has 0 saturated carbocycles. The molecule has 0 atom stereocenters. The van der Waals surface area contributed by atoms with Crippen LogP contribution in [0.4, 0.5) is 0 Å². The van der Waals surface area contributed by atoms with Crippen LogP contribution < -0.4 is 10.6 Å². The van der Waals surface area contributed by atoms with Crippen molar-refractivity contribution in [2.75, 3.05) is 19.3 Å². The van der Waals surface area contributed by atoms with Crippen LogP contribution in [-0.2, 0) is 29.2 Å². The quantitative estimate of drug-likeness (QED) is 0.538. The number of rotatable bonds is 8. The second-order valence-corrected chi connectivity index (χ2v) is 7.94. The first kappa shape index (κ1) is 20.0. The van der Waals surface area contributed by atoms with E-state index in [0.717, 1.165) is 36.4 Å². The Hall–Kier alpha value is -2.35. The van der Waals surface area contributed by atoms with E-state index >= 15 is 0 Å². The van der Waals surface area contributed by atoms with Crippen molar-refractivity contribution < 1.29 is 12.9 Å². The second-order valence-electron chi connectivity index (χ2n) is 5.93. The molecule has 0 unspecified atom stereocenters. The molecule has 142 valence electrons. The van der Waals surface area contributed by atoms with Crippen LogP contribution in [0.25, 0.3) is 0 Å². The van der Waals surface area contributed by atoms with Gasteiger partial charge in [0.1, 0.15) is 6.54 Å². The van der Waals surface area contributed by atoms with Gasteiger partial charge in [-0.05, 0) is 37.5 Å². The van der Waals surface area contributed by atoms with Crippen LogP contribution in [0.5, 0.6) is 0 Å². The molecule has 0 aliphatic rings. The highest BCUT2D eigenvalue weighted by atomic mass is 32.2. The van der Waals surface area contributed by atoms with E-state index in [1.807, 2.05) is 32.0 Å². The SMILES string of the molecule is CCNC(=NCc1cc(CC)no1)NCCc1ccc(S(C)(=O)=O)cc1. The fourth-order valence-electron chi connectivity index (χ4n) is 2.32. The maximum absolute atomic E-state index is 11.5. The monoisotopic (exact) mass is 378 g/mol. The standard InChI is InChI=1S/C18H26N4O3S/c1-4-15-12-16(25-22-15)13-21-18(19-5-2)20-11-10-14-6-8-17(9-7-14)26(3,23)24/h6-9,12H,4-5,10-11,13H2,1-3H3,(H2,19,20,21). The Balaban J connectivity index is 1.88. The summed E-state index contributed by atoms with van der Waals surface area (Å²) >= 11 is 0. The van der Waals surface area contributed by atoms with Crippen molar-refractivity contribution in [1.82, 2.24) is 15.8 Å². The van der Waals surface area contributed by atoms with E-state index < -0.39 is 9.84 Å². The summed E-state index contributed by atoms with van der Waals surface area (Å²) in [5.41, 5.74) is 1.98. The van der Waals surface area contributed by atoms with Gasteiger partial charge in [-0.25, -0.2) is 13.4 Å². The van der Waals surface area contributed by atoms with Gasteiger partial charge in [-0.1, -0.05) is 24.2 Å². The second kappa shape index (κ2) is 9.38. The van der Waals surface area contributed by atoms with Crippen molar-refractivity contribution in [1.29, 1.82) is 0 Å². The molecule has 1 aromatic carbocycles. The zero-order valence-electron chi connectivity index (χ0n) is 15.4. The lowest BCUT2D eigenvalue weighted by Gasteiger charge is -2.11. The van der Waals surface area contributed by atoms with E-state index in [-0.39, 0.29) is 0 Å². The number of nitrogens with zero attached hydrogens (tertiary/aromatic N) is 2. The van der Waals surface area contributed by atoms with E-state index in [2.05, 4.69) is 20.8 Å². The van der Waals surface area contributed by atoms with E-state index in [0.29, 0.717) is 23.9 Å². The Morgan fingerprint density at radius 3 is 2.50 bits per heavy atom. The summed E-state index contributed by atoms with van der Waals surface area (Å²) in [6.45, 7) is 5.89. The van der Waals surface area contributed by atoms with Crippen LogP contribution in [0.3, 0.4) is 0 Å². The summed E-state index contributed by atoms with van der Waals surface area (Å²) < 4.78 is 28.2. The van der Waals surface area contributed by atoms with Crippen molar-refractivity contribution >= 4 is 15.8 Å². The highest BCUT2D eigenvalue weighted by Gasteiger charge is 2.06. The molecule has 8 heteroatoms. The third kappa shape index (κ3) is 6.18. The Morgan fingerprint density at radius 1 is 1.19 bits per heavy atom. The first-order valence-electron chi connectivity index (χ1n) is 8.68. The lowest BCUT2D eigenvalue weighted by Crippen LogP contribution is -2.38. The Labute approximate surface area is 154 Å². The number of guanidine groups is 1. The van der Waals surface area contributed by atoms with Crippen molar-refractivity contribution in [2.45, 2.75) is 38.1 Å². The van der Waals surface area contributed by atoms with Gasteiger partial charge < -0.3 is 15.2 Å². The summed E-state index contributed by atoms with van der Waals surface area (Å²) in [6, 6.07) is 8.86. The number of hydrogen-bond donors (Lipinski definition) is 2. The van der Waals surface area contributed by atoms with Gasteiger partial charge in [0.05, 0.1) is 10.6 Å². The summed E-state index contributed by atoms with van der Waals surface area (Å²) in [6.07, 6.45) is 2.81. The first-order valence-corrected chi connectivity index (χ1v) is 10.6. The van der Waals surface area contributed by atoms with Gasteiger partial charge >= 0.3 is 0 Å². The zero-order valence-corrected chi connectivity index (χ0v) is 16.3. The number of aromatic nitrogens is 1. The third-order valence-corrected chi connectivity index (χ3v) is 4.89. The Bertz CT molecular complexity index is 826. The van der Waals surface area contributed by atoms with Crippen molar-refractivity contribution in [3.8, 4) is 0 Å². The van der Waals surface area contributed by atoms with Gasteiger partial charge in [-0.2, -0.15) is 0 Å². The number of aryl methyl sites for hydroxylation is 1. The predicted octanol–water partition coefficient (Wildman–Crippen LogP) is 1.94. The van der Waals surface area contributed by atoms with E-state index in [4.69, 9.17) is 4.52 Å². The molecule has 2 aromatic rings.